The van der Waals surface area contributed by atoms with Gasteiger partial charge in [0.1, 0.15) is 12.2 Å². The standard InChI is InChI=1S/C11H16O5P4/c12-7(6-4-2-1-3-5-6)9-8(13)10(15-19-17)11(14-9)16-20-18/h1-5,8-11,13,19-20H,17-18H2/t8-,9+,10+,11+/m1/s1. The Bertz CT molecular complexity index is 446. The minimum atomic E-state index is -1.04. The fraction of sp³-hybridized carbons (Fsp3) is 0.364. The summed E-state index contributed by atoms with van der Waals surface area (Å²) >= 11 is 0. The topological polar surface area (TPSA) is 65.0 Å². The van der Waals surface area contributed by atoms with E-state index in [4.69, 9.17) is 13.8 Å². The van der Waals surface area contributed by atoms with Crippen molar-refractivity contribution in [2.45, 2.75) is 24.6 Å². The van der Waals surface area contributed by atoms with Gasteiger partial charge in [-0.1, -0.05) is 48.2 Å². The summed E-state index contributed by atoms with van der Waals surface area (Å²) in [7, 11) is 5.07. The van der Waals surface area contributed by atoms with E-state index in [0.717, 1.165) is 0 Å². The molecular weight excluding hydrogens is 336 g/mol. The van der Waals surface area contributed by atoms with Crippen molar-refractivity contribution in [1.82, 2.24) is 0 Å². The fourth-order valence-corrected chi connectivity index (χ4v) is 3.59. The molecule has 1 fully saturated rings. The van der Waals surface area contributed by atoms with Crippen LogP contribution in [0.1, 0.15) is 10.4 Å². The van der Waals surface area contributed by atoms with E-state index in [1.165, 1.54) is 0 Å². The third-order valence-electron chi connectivity index (χ3n) is 2.90. The van der Waals surface area contributed by atoms with Gasteiger partial charge in [-0.05, 0) is 0 Å². The number of carbonyl (C=O) groups excluding carboxylic acids is 1. The largest absolute Gasteiger partial charge is 0.387 e. The van der Waals surface area contributed by atoms with Crippen LogP contribution in [0.15, 0.2) is 30.3 Å². The van der Waals surface area contributed by atoms with Crippen LogP contribution in [0.25, 0.3) is 0 Å². The lowest BCUT2D eigenvalue weighted by Crippen LogP contribution is -2.37. The predicted octanol–water partition coefficient (Wildman–Crippen LogP) is 2.12. The fourth-order valence-electron chi connectivity index (χ4n) is 1.99. The summed E-state index contributed by atoms with van der Waals surface area (Å²) in [5.74, 6) is -0.267. The molecule has 1 heterocycles. The molecule has 1 N–H and O–H groups in total. The Kier molecular flexibility index (Phi) is 6.88. The normalized spacial score (nSPS) is 30.8. The van der Waals surface area contributed by atoms with E-state index in [2.05, 4.69) is 17.9 Å². The molecule has 0 aliphatic carbocycles. The summed E-state index contributed by atoms with van der Waals surface area (Å²) in [6.45, 7) is 0. The van der Waals surface area contributed by atoms with Gasteiger partial charge >= 0.3 is 0 Å². The predicted molar refractivity (Wildman–Crippen MR) is 87.4 cm³/mol. The molecule has 0 saturated carbocycles. The molecule has 1 aromatic rings. The quantitative estimate of drug-likeness (QED) is 0.628. The molecule has 0 spiro atoms. The molecule has 1 aliphatic rings. The first kappa shape index (κ1) is 16.8. The number of benzene rings is 1. The number of aliphatic hydroxyl groups excluding tert-OH is 1. The first-order valence-corrected chi connectivity index (χ1v) is 11.3. The van der Waals surface area contributed by atoms with Gasteiger partial charge in [0, 0.05) is 22.6 Å². The van der Waals surface area contributed by atoms with Gasteiger partial charge in [-0.25, -0.2) is 0 Å². The second-order valence-corrected chi connectivity index (χ2v) is 6.44. The van der Waals surface area contributed by atoms with Crippen molar-refractivity contribution in [1.29, 1.82) is 0 Å². The van der Waals surface area contributed by atoms with Crippen molar-refractivity contribution >= 4 is 40.6 Å². The van der Waals surface area contributed by atoms with Crippen LogP contribution in [0.4, 0.5) is 0 Å². The molecule has 1 saturated heterocycles. The van der Waals surface area contributed by atoms with Gasteiger partial charge in [-0.3, -0.25) is 4.79 Å². The molecule has 0 amide bonds. The molecule has 0 aromatic heterocycles. The number of hydrogen-bond acceptors (Lipinski definition) is 5. The van der Waals surface area contributed by atoms with Crippen LogP contribution in [0, 0.1) is 0 Å². The second-order valence-electron chi connectivity index (χ2n) is 4.08. The molecule has 2 rings (SSSR count). The van der Waals surface area contributed by atoms with Crippen LogP contribution in [-0.2, 0) is 13.8 Å². The highest BCUT2D eigenvalue weighted by Gasteiger charge is 2.48. The van der Waals surface area contributed by atoms with E-state index in [1.54, 1.807) is 24.3 Å². The minimum Gasteiger partial charge on any atom is -0.387 e. The molecule has 4 unspecified atom stereocenters. The SMILES string of the molecule is O=C(c1ccccc1)[C@@H]1O[C@@H](OPP)[C@@H](OPP)[C@@H]1O. The summed E-state index contributed by atoms with van der Waals surface area (Å²) in [5, 5.41) is 10.2. The zero-order valence-corrected chi connectivity index (χ0v) is 14.7. The number of carbonyl (C=O) groups is 1. The third kappa shape index (κ3) is 3.80. The molecule has 1 aliphatic heterocycles. The second kappa shape index (κ2) is 8.18. The van der Waals surface area contributed by atoms with Crippen molar-refractivity contribution in [3.05, 3.63) is 35.9 Å². The monoisotopic (exact) mass is 352 g/mol. The molecule has 20 heavy (non-hydrogen) atoms. The molecule has 8 atom stereocenters. The maximum Gasteiger partial charge on any atom is 0.194 e. The number of Topliss-reactive ketones (excluding diaryl/α,β-unsaturated/α-hetero) is 1. The molecular formula is C11H16O5P4. The van der Waals surface area contributed by atoms with Crippen molar-refractivity contribution in [2.24, 2.45) is 0 Å². The lowest BCUT2D eigenvalue weighted by atomic mass is 10.0. The van der Waals surface area contributed by atoms with Crippen molar-refractivity contribution < 1.29 is 23.7 Å². The van der Waals surface area contributed by atoms with Crippen molar-refractivity contribution in [3.8, 4) is 0 Å². The maximum atomic E-state index is 12.4. The number of ether oxygens (including phenoxy) is 1. The average Bonchev–Trinajstić information content (AvgIpc) is 2.77. The van der Waals surface area contributed by atoms with Gasteiger partial charge in [-0.2, -0.15) is 0 Å². The van der Waals surface area contributed by atoms with E-state index in [-0.39, 0.29) is 22.8 Å². The molecule has 110 valence electrons. The number of hydrogen-bond donors (Lipinski definition) is 1. The Labute approximate surface area is 125 Å². The molecule has 0 bridgehead atoms. The highest BCUT2D eigenvalue weighted by molar-refractivity contribution is 8.00. The lowest BCUT2D eigenvalue weighted by Gasteiger charge is -2.18. The summed E-state index contributed by atoms with van der Waals surface area (Å²) in [6.07, 6.45) is -3.39. The highest BCUT2D eigenvalue weighted by Crippen LogP contribution is 2.38. The van der Waals surface area contributed by atoms with Crippen LogP contribution in [-0.4, -0.2) is 35.5 Å². The Morgan fingerprint density at radius 2 is 1.85 bits per heavy atom. The summed E-state index contributed by atoms with van der Waals surface area (Å²) in [6, 6.07) is 8.75. The first-order chi connectivity index (χ1) is 9.69. The lowest BCUT2D eigenvalue weighted by molar-refractivity contribution is -0.0851. The Morgan fingerprint density at radius 1 is 1.20 bits per heavy atom. The Balaban J connectivity index is 2.14. The van der Waals surface area contributed by atoms with Gasteiger partial charge in [0.05, 0.1) is 0 Å². The molecule has 0 radical (unpaired) electrons. The van der Waals surface area contributed by atoms with Crippen molar-refractivity contribution in [2.75, 3.05) is 0 Å². The summed E-state index contributed by atoms with van der Waals surface area (Å²) < 4.78 is 16.3. The highest BCUT2D eigenvalue weighted by atomic mass is 32.0. The molecule has 9 heteroatoms. The number of aliphatic hydroxyl groups is 1. The number of ketones is 1. The summed E-state index contributed by atoms with van der Waals surface area (Å²) in [5.41, 5.74) is 0.498. The van der Waals surface area contributed by atoms with Gasteiger partial charge < -0.3 is 18.9 Å². The molecule has 5 nitrogen and oxygen atoms in total. The van der Waals surface area contributed by atoms with Gasteiger partial charge in [-0.15, -0.1) is 0 Å². The first-order valence-electron chi connectivity index (χ1n) is 5.84. The molecule has 1 aromatic carbocycles. The van der Waals surface area contributed by atoms with Gasteiger partial charge in [0.15, 0.2) is 18.2 Å². The smallest absolute Gasteiger partial charge is 0.194 e. The van der Waals surface area contributed by atoms with Crippen LogP contribution in [0.5, 0.6) is 0 Å². The van der Waals surface area contributed by atoms with E-state index in [9.17, 15) is 9.90 Å². The van der Waals surface area contributed by atoms with Gasteiger partial charge in [0.2, 0.25) is 0 Å². The van der Waals surface area contributed by atoms with Crippen LogP contribution < -0.4 is 0 Å². The maximum absolute atomic E-state index is 12.4. The number of rotatable bonds is 6. The van der Waals surface area contributed by atoms with Crippen LogP contribution >= 0.6 is 34.8 Å². The van der Waals surface area contributed by atoms with E-state index in [0.29, 0.717) is 5.56 Å². The van der Waals surface area contributed by atoms with Gasteiger partial charge in [0.25, 0.3) is 0 Å². The van der Waals surface area contributed by atoms with E-state index < -0.39 is 24.6 Å². The zero-order chi connectivity index (χ0) is 14.5. The third-order valence-corrected chi connectivity index (χ3v) is 4.49. The van der Waals surface area contributed by atoms with Crippen molar-refractivity contribution in [3.63, 3.8) is 0 Å². The van der Waals surface area contributed by atoms with Crippen LogP contribution in [0.3, 0.4) is 0 Å². The average molecular weight is 352 g/mol. The zero-order valence-electron chi connectivity index (χ0n) is 10.4. The minimum absolute atomic E-state index is 0.0995. The van der Waals surface area contributed by atoms with Crippen LogP contribution in [0.2, 0.25) is 0 Å². The summed E-state index contributed by atoms with van der Waals surface area (Å²) in [4.78, 5) is 12.4. The Hall–Kier alpha value is 0.450. The van der Waals surface area contributed by atoms with E-state index >= 15 is 0 Å². The Morgan fingerprint density at radius 3 is 2.45 bits per heavy atom. The van der Waals surface area contributed by atoms with E-state index in [1.807, 2.05) is 6.07 Å².